The fourth-order valence-corrected chi connectivity index (χ4v) is 3.72. The van der Waals surface area contributed by atoms with E-state index in [1.807, 2.05) is 0 Å². The van der Waals surface area contributed by atoms with Crippen molar-refractivity contribution in [2.24, 2.45) is 0 Å². The first-order valence-electron chi connectivity index (χ1n) is 5.40. The van der Waals surface area contributed by atoms with E-state index < -0.39 is 16.0 Å². The maximum Gasteiger partial charge on any atom is 0.346 e. The summed E-state index contributed by atoms with van der Waals surface area (Å²) < 4.78 is 31.1. The third kappa shape index (κ3) is 4.43. The van der Waals surface area contributed by atoms with Gasteiger partial charge in [0.2, 0.25) is 10.0 Å². The lowest BCUT2D eigenvalue weighted by Crippen LogP contribution is -2.26. The molecule has 0 aliphatic heterocycles. The van der Waals surface area contributed by atoms with Crippen LogP contribution in [-0.2, 0) is 14.8 Å². The number of aromatic carboxylic acids is 1. The highest BCUT2D eigenvalue weighted by molar-refractivity contribution is 7.91. The molecule has 0 spiro atoms. The van der Waals surface area contributed by atoms with Gasteiger partial charge in [-0.3, -0.25) is 0 Å². The molecule has 0 saturated carbocycles. The first-order chi connectivity index (χ1) is 8.88. The number of hydrogen-bond acceptors (Lipinski definition) is 5. The molecule has 1 rings (SSSR count). The second-order valence-corrected chi connectivity index (χ2v) is 6.69. The van der Waals surface area contributed by atoms with Crippen molar-refractivity contribution in [3.05, 3.63) is 29.2 Å². The van der Waals surface area contributed by atoms with Crippen molar-refractivity contribution in [2.75, 3.05) is 19.8 Å². The van der Waals surface area contributed by atoms with Crippen molar-refractivity contribution >= 4 is 27.3 Å². The van der Waals surface area contributed by atoms with Gasteiger partial charge in [0.25, 0.3) is 0 Å². The van der Waals surface area contributed by atoms with Crippen molar-refractivity contribution in [1.82, 2.24) is 4.72 Å². The molecule has 0 aliphatic carbocycles. The van der Waals surface area contributed by atoms with Crippen molar-refractivity contribution in [3.8, 4) is 0 Å². The summed E-state index contributed by atoms with van der Waals surface area (Å²) in [6.07, 6.45) is 1.57. The summed E-state index contributed by atoms with van der Waals surface area (Å²) in [4.78, 5) is 10.9. The van der Waals surface area contributed by atoms with E-state index in [4.69, 9.17) is 9.84 Å². The maximum absolute atomic E-state index is 11.9. The lowest BCUT2D eigenvalue weighted by atomic mass is 10.3. The number of ether oxygens (including phenoxy) is 1. The zero-order chi connectivity index (χ0) is 14.5. The van der Waals surface area contributed by atoms with Crippen LogP contribution in [0.1, 0.15) is 15.2 Å². The molecular weight excluding hydrogens is 290 g/mol. The zero-order valence-corrected chi connectivity index (χ0v) is 12.0. The molecule has 0 fully saturated rings. The van der Waals surface area contributed by atoms with Gasteiger partial charge in [0, 0.05) is 6.54 Å². The van der Waals surface area contributed by atoms with E-state index in [1.165, 1.54) is 6.07 Å². The first kappa shape index (κ1) is 15.8. The largest absolute Gasteiger partial charge is 0.477 e. The number of thiophene rings is 1. The van der Waals surface area contributed by atoms with Crippen LogP contribution in [0.5, 0.6) is 0 Å². The third-order valence-corrected chi connectivity index (χ3v) is 5.29. The lowest BCUT2D eigenvalue weighted by molar-refractivity contribution is 0.0701. The van der Waals surface area contributed by atoms with Gasteiger partial charge in [-0.2, -0.15) is 0 Å². The molecule has 106 valence electrons. The molecule has 0 bridgehead atoms. The molecule has 2 N–H and O–H groups in total. The molecule has 1 aromatic rings. The third-order valence-electron chi connectivity index (χ3n) is 2.13. The second kappa shape index (κ2) is 6.80. The number of carbonyl (C=O) groups is 1. The van der Waals surface area contributed by atoms with Gasteiger partial charge in [0.05, 0.1) is 13.2 Å². The van der Waals surface area contributed by atoms with Crippen LogP contribution in [0.3, 0.4) is 0 Å². The van der Waals surface area contributed by atoms with Gasteiger partial charge >= 0.3 is 5.97 Å². The minimum Gasteiger partial charge on any atom is -0.477 e. The molecule has 0 aromatic carbocycles. The average molecular weight is 305 g/mol. The van der Waals surface area contributed by atoms with E-state index in [0.717, 1.165) is 11.3 Å². The van der Waals surface area contributed by atoms with Crippen LogP contribution in [0, 0.1) is 6.92 Å². The molecule has 0 amide bonds. The molecule has 0 unspecified atom stereocenters. The molecule has 8 heteroatoms. The van der Waals surface area contributed by atoms with Crippen molar-refractivity contribution in [1.29, 1.82) is 0 Å². The van der Waals surface area contributed by atoms with Crippen molar-refractivity contribution in [2.45, 2.75) is 11.1 Å². The summed E-state index contributed by atoms with van der Waals surface area (Å²) in [6.45, 7) is 5.72. The Morgan fingerprint density at radius 2 is 2.32 bits per heavy atom. The van der Waals surface area contributed by atoms with Crippen LogP contribution in [0.2, 0.25) is 0 Å². The summed E-state index contributed by atoms with van der Waals surface area (Å²) in [5.74, 6) is -1.13. The predicted octanol–water partition coefficient (Wildman–Crippen LogP) is 1.24. The summed E-state index contributed by atoms with van der Waals surface area (Å²) in [5, 5.41) is 8.88. The predicted molar refractivity (Wildman–Crippen MR) is 72.2 cm³/mol. The van der Waals surface area contributed by atoms with Gasteiger partial charge in [-0.25, -0.2) is 17.9 Å². The first-order valence-corrected chi connectivity index (χ1v) is 7.70. The zero-order valence-electron chi connectivity index (χ0n) is 10.4. The van der Waals surface area contributed by atoms with Crippen LogP contribution < -0.4 is 4.72 Å². The molecule has 0 radical (unpaired) electrons. The fourth-order valence-electron chi connectivity index (χ4n) is 1.28. The fraction of sp³-hybridized carbons (Fsp3) is 0.364. The van der Waals surface area contributed by atoms with E-state index in [0.29, 0.717) is 12.2 Å². The Bertz CT molecular complexity index is 562. The second-order valence-electron chi connectivity index (χ2n) is 3.64. The Kier molecular flexibility index (Phi) is 5.67. The molecule has 0 atom stereocenters. The maximum atomic E-state index is 11.9. The highest BCUT2D eigenvalue weighted by atomic mass is 32.2. The molecule has 0 saturated heterocycles. The summed E-state index contributed by atoms with van der Waals surface area (Å²) in [5.41, 5.74) is 0.431. The number of rotatable bonds is 8. The van der Waals surface area contributed by atoms with Crippen LogP contribution in [0.15, 0.2) is 22.9 Å². The molecular formula is C11H15NO5S2. The Labute approximate surface area is 115 Å². The number of hydrogen-bond donors (Lipinski definition) is 2. The number of carboxylic acid groups (broad SMARTS) is 1. The molecule has 6 nitrogen and oxygen atoms in total. The van der Waals surface area contributed by atoms with Crippen LogP contribution in [-0.4, -0.2) is 39.3 Å². The summed E-state index contributed by atoms with van der Waals surface area (Å²) in [6, 6.07) is 1.35. The van der Waals surface area contributed by atoms with Crippen molar-refractivity contribution in [3.63, 3.8) is 0 Å². The van der Waals surface area contributed by atoms with Gasteiger partial charge in [0.15, 0.2) is 0 Å². The Balaban J connectivity index is 2.69. The highest BCUT2D eigenvalue weighted by Crippen LogP contribution is 2.25. The standard InChI is InChI=1S/C11H15NO5S2/c1-3-5-17-6-4-12-19(15,16)9-7-8(2)10(18-9)11(13)14/h3,7,12H,1,4-6H2,2H3,(H,13,14). The van der Waals surface area contributed by atoms with Gasteiger partial charge in [0.1, 0.15) is 9.09 Å². The van der Waals surface area contributed by atoms with Gasteiger partial charge < -0.3 is 9.84 Å². The smallest absolute Gasteiger partial charge is 0.346 e. The summed E-state index contributed by atoms with van der Waals surface area (Å²) >= 11 is 0.736. The minimum atomic E-state index is -3.68. The number of carboxylic acids is 1. The number of sulfonamides is 1. The van der Waals surface area contributed by atoms with E-state index in [-0.39, 0.29) is 22.2 Å². The number of aryl methyl sites for hydroxylation is 1. The van der Waals surface area contributed by atoms with Gasteiger partial charge in [-0.15, -0.1) is 17.9 Å². The molecule has 1 aromatic heterocycles. The Morgan fingerprint density at radius 1 is 1.63 bits per heavy atom. The SMILES string of the molecule is C=CCOCCNS(=O)(=O)c1cc(C)c(C(=O)O)s1. The average Bonchev–Trinajstić information content (AvgIpc) is 2.72. The topological polar surface area (TPSA) is 92.7 Å². The van der Waals surface area contributed by atoms with Gasteiger partial charge in [-0.1, -0.05) is 6.08 Å². The molecule has 19 heavy (non-hydrogen) atoms. The Hall–Kier alpha value is -1.22. The van der Waals surface area contributed by atoms with Crippen LogP contribution in [0.25, 0.3) is 0 Å². The van der Waals surface area contributed by atoms with Crippen LogP contribution >= 0.6 is 11.3 Å². The molecule has 1 heterocycles. The van der Waals surface area contributed by atoms with E-state index in [9.17, 15) is 13.2 Å². The summed E-state index contributed by atoms with van der Waals surface area (Å²) in [7, 11) is -3.68. The number of nitrogens with one attached hydrogen (secondary N) is 1. The molecule has 0 aliphatic rings. The quantitative estimate of drug-likeness (QED) is 0.557. The Morgan fingerprint density at radius 3 is 2.84 bits per heavy atom. The normalized spacial score (nSPS) is 11.4. The monoisotopic (exact) mass is 305 g/mol. The minimum absolute atomic E-state index is 0.00822. The van der Waals surface area contributed by atoms with Crippen molar-refractivity contribution < 1.29 is 23.1 Å². The van der Waals surface area contributed by atoms with E-state index >= 15 is 0 Å². The van der Waals surface area contributed by atoms with Gasteiger partial charge in [-0.05, 0) is 18.6 Å². The highest BCUT2D eigenvalue weighted by Gasteiger charge is 2.21. The lowest BCUT2D eigenvalue weighted by Gasteiger charge is -2.04. The van der Waals surface area contributed by atoms with Crippen LogP contribution in [0.4, 0.5) is 0 Å². The van der Waals surface area contributed by atoms with E-state index in [2.05, 4.69) is 11.3 Å². The van der Waals surface area contributed by atoms with E-state index in [1.54, 1.807) is 13.0 Å².